The van der Waals surface area contributed by atoms with E-state index >= 15 is 0 Å². The minimum Gasteiger partial charge on any atom is -0.504 e. The van der Waals surface area contributed by atoms with Crippen LogP contribution in [0.2, 0.25) is 0 Å². The Balaban J connectivity index is 1.64. The lowest BCUT2D eigenvalue weighted by molar-refractivity contribution is -0.153. The number of carbonyl (C=O) groups is 2. The maximum Gasteiger partial charge on any atom is 0.309 e. The first-order valence-corrected chi connectivity index (χ1v) is 11.9. The van der Waals surface area contributed by atoms with Crippen molar-refractivity contribution in [3.8, 4) is 0 Å². The van der Waals surface area contributed by atoms with E-state index in [0.29, 0.717) is 12.0 Å². The van der Waals surface area contributed by atoms with Crippen LogP contribution in [-0.4, -0.2) is 22.0 Å². The van der Waals surface area contributed by atoms with E-state index in [1.54, 1.807) is 6.08 Å². The summed E-state index contributed by atoms with van der Waals surface area (Å²) in [4.78, 5) is 24.6. The fourth-order valence-corrected chi connectivity index (χ4v) is 7.52. The Morgan fingerprint density at radius 3 is 2.41 bits per heavy atom. The Hall–Kier alpha value is -2.36. The summed E-state index contributed by atoms with van der Waals surface area (Å²) in [6.07, 6.45) is 13.6. The van der Waals surface area contributed by atoms with E-state index in [2.05, 4.69) is 39.0 Å². The van der Waals surface area contributed by atoms with Gasteiger partial charge in [0.1, 0.15) is 0 Å². The van der Waals surface area contributed by atoms with Gasteiger partial charge in [0.2, 0.25) is 5.78 Å². The Labute approximate surface area is 190 Å². The highest BCUT2D eigenvalue weighted by molar-refractivity contribution is 6.06. The quantitative estimate of drug-likeness (QED) is 0.480. The van der Waals surface area contributed by atoms with Crippen LogP contribution >= 0.6 is 0 Å². The highest BCUT2D eigenvalue weighted by Crippen LogP contribution is 2.68. The molecule has 5 atom stereocenters. The number of hydrogen-bond acceptors (Lipinski definition) is 3. The molecule has 4 heteroatoms. The van der Waals surface area contributed by atoms with Gasteiger partial charge in [-0.15, -0.1) is 0 Å². The van der Waals surface area contributed by atoms with Gasteiger partial charge in [0.05, 0.1) is 5.41 Å². The van der Waals surface area contributed by atoms with Crippen LogP contribution in [0.15, 0.2) is 57.9 Å². The fraction of sp³-hybridized carbons (Fsp3) is 0.571. The number of aliphatic hydroxyl groups is 1. The summed E-state index contributed by atoms with van der Waals surface area (Å²) in [6.45, 7) is 10.7. The van der Waals surface area contributed by atoms with Crippen molar-refractivity contribution in [2.45, 2.75) is 73.1 Å². The number of ketones is 1. The SMILES string of the molecule is CC1=C(O)C(=O)C=C2C1=CC=C1[C@@]2(C)CC=C2[C@@H]3C[C@](C)(C(=O)O)CC[C@]3(C)CC[C@@]21C. The topological polar surface area (TPSA) is 74.6 Å². The number of carboxylic acids is 1. The molecule has 0 aromatic carbocycles. The zero-order chi connectivity index (χ0) is 23.3. The number of carbonyl (C=O) groups excluding carboxylic acids is 1. The summed E-state index contributed by atoms with van der Waals surface area (Å²) in [6, 6.07) is 0. The lowest BCUT2D eigenvalue weighted by Crippen LogP contribution is -2.52. The van der Waals surface area contributed by atoms with Crippen LogP contribution in [0.4, 0.5) is 0 Å². The van der Waals surface area contributed by atoms with Gasteiger partial charge in [0.15, 0.2) is 5.76 Å². The Morgan fingerprint density at radius 2 is 1.72 bits per heavy atom. The lowest BCUT2D eigenvalue weighted by atomic mass is 9.43. The predicted molar refractivity (Wildman–Crippen MR) is 124 cm³/mol. The smallest absolute Gasteiger partial charge is 0.309 e. The van der Waals surface area contributed by atoms with Crippen molar-refractivity contribution in [1.29, 1.82) is 0 Å². The molecule has 0 aliphatic heterocycles. The molecule has 0 spiro atoms. The van der Waals surface area contributed by atoms with Gasteiger partial charge in [0.25, 0.3) is 0 Å². The van der Waals surface area contributed by atoms with Gasteiger partial charge in [-0.2, -0.15) is 0 Å². The molecule has 0 unspecified atom stereocenters. The highest BCUT2D eigenvalue weighted by Gasteiger charge is 2.59. The first-order chi connectivity index (χ1) is 14.9. The largest absolute Gasteiger partial charge is 0.504 e. The van der Waals surface area contributed by atoms with Crippen LogP contribution in [0.25, 0.3) is 0 Å². The van der Waals surface area contributed by atoms with E-state index in [1.807, 2.05) is 13.8 Å². The molecule has 0 heterocycles. The van der Waals surface area contributed by atoms with Gasteiger partial charge in [-0.3, -0.25) is 9.59 Å². The minimum absolute atomic E-state index is 0.142. The molecule has 5 rings (SSSR count). The number of aliphatic hydroxyl groups excluding tert-OH is 1. The second kappa shape index (κ2) is 6.36. The number of aliphatic carboxylic acids is 1. The van der Waals surface area contributed by atoms with Crippen molar-refractivity contribution in [1.82, 2.24) is 0 Å². The van der Waals surface area contributed by atoms with Crippen LogP contribution in [-0.2, 0) is 9.59 Å². The molecule has 32 heavy (non-hydrogen) atoms. The fourth-order valence-electron chi connectivity index (χ4n) is 7.52. The summed E-state index contributed by atoms with van der Waals surface area (Å²) < 4.78 is 0. The average Bonchev–Trinajstić information content (AvgIpc) is 2.73. The molecule has 0 aromatic heterocycles. The molecule has 2 fully saturated rings. The number of fused-ring (bicyclic) bond motifs is 7. The molecule has 0 radical (unpaired) electrons. The van der Waals surface area contributed by atoms with Crippen molar-refractivity contribution in [3.05, 3.63) is 57.9 Å². The molecule has 5 aliphatic rings. The van der Waals surface area contributed by atoms with Crippen molar-refractivity contribution in [2.24, 2.45) is 27.6 Å². The van der Waals surface area contributed by atoms with Crippen LogP contribution < -0.4 is 0 Å². The van der Waals surface area contributed by atoms with E-state index in [9.17, 15) is 19.8 Å². The summed E-state index contributed by atoms with van der Waals surface area (Å²) in [5, 5.41) is 20.2. The third kappa shape index (κ3) is 2.55. The number of hydrogen-bond donors (Lipinski definition) is 2. The van der Waals surface area contributed by atoms with E-state index < -0.39 is 11.4 Å². The summed E-state index contributed by atoms with van der Waals surface area (Å²) in [7, 11) is 0. The van der Waals surface area contributed by atoms with Gasteiger partial charge >= 0.3 is 5.97 Å². The molecular weight excluding hydrogens is 400 g/mol. The second-order valence-electron chi connectivity index (χ2n) is 11.9. The summed E-state index contributed by atoms with van der Waals surface area (Å²) in [5.74, 6) is -0.870. The second-order valence-corrected chi connectivity index (χ2v) is 11.9. The van der Waals surface area contributed by atoms with Crippen molar-refractivity contribution >= 4 is 11.8 Å². The highest BCUT2D eigenvalue weighted by atomic mass is 16.4. The maximum absolute atomic E-state index is 12.5. The predicted octanol–water partition coefficient (Wildman–Crippen LogP) is 6.23. The molecule has 4 nitrogen and oxygen atoms in total. The van der Waals surface area contributed by atoms with E-state index in [0.717, 1.165) is 43.3 Å². The summed E-state index contributed by atoms with van der Waals surface area (Å²) in [5.41, 5.74) is 4.43. The number of rotatable bonds is 1. The zero-order valence-electron chi connectivity index (χ0n) is 19.8. The molecule has 170 valence electrons. The van der Waals surface area contributed by atoms with E-state index in [1.165, 1.54) is 11.1 Å². The summed E-state index contributed by atoms with van der Waals surface area (Å²) >= 11 is 0. The third-order valence-corrected chi connectivity index (χ3v) is 9.96. The molecule has 0 saturated heterocycles. The van der Waals surface area contributed by atoms with Gasteiger partial charge in [0, 0.05) is 16.4 Å². The molecular formula is C28H34O4. The van der Waals surface area contributed by atoms with Gasteiger partial charge < -0.3 is 10.2 Å². The first-order valence-electron chi connectivity index (χ1n) is 11.9. The molecule has 5 aliphatic carbocycles. The number of allylic oxidation sites excluding steroid dienone is 9. The Kier molecular flexibility index (Phi) is 4.27. The van der Waals surface area contributed by atoms with Gasteiger partial charge in [-0.25, -0.2) is 0 Å². The minimum atomic E-state index is -0.675. The first kappa shape index (κ1) is 21.5. The van der Waals surface area contributed by atoms with E-state index in [-0.39, 0.29) is 33.7 Å². The molecule has 0 amide bonds. The monoisotopic (exact) mass is 434 g/mol. The molecule has 0 bridgehead atoms. The normalized spacial score (nSPS) is 43.0. The standard InChI is InChI=1S/C28H34O4/c1-16-17-6-7-22-27(4,19(17)14-21(29)23(16)30)9-8-18-20-15-26(3,24(31)32)11-10-25(20,2)12-13-28(18,22)5/h6-8,14,20,30H,9-13,15H2,1-5H3,(H,31,32)/t20-,25+,26+,27-,28-/m0/s1. The molecule has 0 aromatic rings. The Bertz CT molecular complexity index is 1110. The van der Waals surface area contributed by atoms with Gasteiger partial charge in [-0.1, -0.05) is 44.6 Å². The molecule has 2 saturated carbocycles. The van der Waals surface area contributed by atoms with Crippen LogP contribution in [0.1, 0.15) is 73.1 Å². The lowest BCUT2D eigenvalue weighted by Gasteiger charge is -2.61. The van der Waals surface area contributed by atoms with Crippen LogP contribution in [0.3, 0.4) is 0 Å². The Morgan fingerprint density at radius 1 is 1.03 bits per heavy atom. The average molecular weight is 435 g/mol. The van der Waals surface area contributed by atoms with E-state index in [4.69, 9.17) is 0 Å². The van der Waals surface area contributed by atoms with Crippen molar-refractivity contribution in [3.63, 3.8) is 0 Å². The zero-order valence-corrected chi connectivity index (χ0v) is 19.8. The number of carboxylic acid groups (broad SMARTS) is 1. The van der Waals surface area contributed by atoms with Crippen molar-refractivity contribution < 1.29 is 19.8 Å². The van der Waals surface area contributed by atoms with Gasteiger partial charge in [-0.05, 0) is 86.5 Å². The van der Waals surface area contributed by atoms with Crippen LogP contribution in [0.5, 0.6) is 0 Å². The van der Waals surface area contributed by atoms with Crippen LogP contribution in [0, 0.1) is 27.6 Å². The molecule has 2 N–H and O–H groups in total. The maximum atomic E-state index is 12.5. The third-order valence-electron chi connectivity index (χ3n) is 9.96. The van der Waals surface area contributed by atoms with Crippen molar-refractivity contribution in [2.75, 3.05) is 0 Å².